The highest BCUT2D eigenvalue weighted by Gasteiger charge is 2.37. The van der Waals surface area contributed by atoms with Gasteiger partial charge in [0.15, 0.2) is 0 Å². The van der Waals surface area contributed by atoms with Crippen LogP contribution in [0.1, 0.15) is 12.0 Å². The summed E-state index contributed by atoms with van der Waals surface area (Å²) in [7, 11) is -2.18. The molecular weight excluding hydrogens is 250 g/mol. The third-order valence-corrected chi connectivity index (χ3v) is 5.72. The largest absolute Gasteiger partial charge is 0.484 e. The first-order valence-electron chi connectivity index (χ1n) is 5.88. The van der Waals surface area contributed by atoms with Gasteiger partial charge in [-0.15, -0.1) is 0 Å². The van der Waals surface area contributed by atoms with E-state index in [-0.39, 0.29) is 6.61 Å². The summed E-state index contributed by atoms with van der Waals surface area (Å²) in [5.74, 6) is 0. The number of carbonyl (C=O) groups is 2. The van der Waals surface area contributed by atoms with E-state index in [0.29, 0.717) is 12.6 Å². The molecule has 1 fully saturated rings. The fraction of sp³-hybridized carbons (Fsp3) is 0.333. The molecule has 1 saturated heterocycles. The Morgan fingerprint density at radius 3 is 2.72 bits per heavy atom. The van der Waals surface area contributed by atoms with Gasteiger partial charge in [-0.2, -0.15) is 0 Å². The Morgan fingerprint density at radius 2 is 2.06 bits per heavy atom. The highest BCUT2D eigenvalue weighted by molar-refractivity contribution is 6.87. The molecule has 0 aliphatic carbocycles. The molecule has 2 rings (SSSR count). The van der Waals surface area contributed by atoms with Crippen LogP contribution in [0.4, 0.5) is 9.59 Å². The van der Waals surface area contributed by atoms with E-state index in [4.69, 9.17) is 9.84 Å². The van der Waals surface area contributed by atoms with Crippen LogP contribution in [-0.4, -0.2) is 36.9 Å². The quantitative estimate of drug-likeness (QED) is 0.849. The van der Waals surface area contributed by atoms with Crippen LogP contribution in [0.15, 0.2) is 30.3 Å². The van der Waals surface area contributed by atoms with Crippen molar-refractivity contribution in [3.8, 4) is 0 Å². The predicted octanol–water partition coefficient (Wildman–Crippen LogP) is 2.01. The smallest absolute Gasteiger partial charge is 0.402 e. The lowest BCUT2D eigenvalue weighted by Gasteiger charge is -2.19. The van der Waals surface area contributed by atoms with Crippen molar-refractivity contribution in [1.82, 2.24) is 4.57 Å². The van der Waals surface area contributed by atoms with Gasteiger partial charge in [0, 0.05) is 6.54 Å². The molecule has 18 heavy (non-hydrogen) atoms. The van der Waals surface area contributed by atoms with Gasteiger partial charge in [0.25, 0.3) is 14.6 Å². The van der Waals surface area contributed by atoms with E-state index in [1.165, 1.54) is 4.57 Å². The molecule has 6 heteroatoms. The normalized spacial score (nSPS) is 18.7. The lowest BCUT2D eigenvalue weighted by molar-refractivity contribution is 0.119. The minimum Gasteiger partial charge on any atom is -0.484 e. The van der Waals surface area contributed by atoms with E-state index < -0.39 is 20.6 Å². The summed E-state index contributed by atoms with van der Waals surface area (Å²) in [5.41, 5.74) is 0.0720. The summed E-state index contributed by atoms with van der Waals surface area (Å²) >= 11 is 0. The number of hydrogen-bond donors (Lipinski definition) is 1. The molecule has 0 radical (unpaired) electrons. The molecule has 1 aromatic carbocycles. The number of benzene rings is 1. The van der Waals surface area contributed by atoms with Gasteiger partial charge in [-0.1, -0.05) is 30.3 Å². The summed E-state index contributed by atoms with van der Waals surface area (Å²) in [6.07, 6.45) is 0.277. The second-order valence-corrected chi connectivity index (χ2v) is 6.96. The molecule has 0 saturated carbocycles. The third-order valence-electron chi connectivity index (χ3n) is 2.98. The molecule has 5 nitrogen and oxygen atoms in total. The lowest BCUT2D eigenvalue weighted by Crippen LogP contribution is -2.44. The van der Waals surface area contributed by atoms with Crippen LogP contribution < -0.4 is 0 Å². The van der Waals surface area contributed by atoms with Crippen molar-refractivity contribution in [2.75, 3.05) is 6.54 Å². The molecule has 1 aliphatic rings. The van der Waals surface area contributed by atoms with E-state index >= 15 is 0 Å². The van der Waals surface area contributed by atoms with Crippen LogP contribution in [-0.2, 0) is 11.3 Å². The maximum Gasteiger partial charge on any atom is 0.402 e. The summed E-state index contributed by atoms with van der Waals surface area (Å²) in [6, 6.07) is 9.99. The minimum absolute atomic E-state index is 0.191. The van der Waals surface area contributed by atoms with Gasteiger partial charge in [-0.05, 0) is 18.0 Å². The van der Waals surface area contributed by atoms with E-state index in [1.54, 1.807) is 0 Å². The Balaban J connectivity index is 1.90. The molecular formula is C12H15NO4Si. The zero-order valence-corrected chi connectivity index (χ0v) is 11.1. The van der Waals surface area contributed by atoms with Gasteiger partial charge < -0.3 is 14.4 Å². The molecule has 1 amide bonds. The molecule has 1 aliphatic heterocycles. The Morgan fingerprint density at radius 1 is 1.33 bits per heavy atom. The number of carbonyl (C=O) groups excluding carboxylic acids is 1. The molecule has 1 atom stereocenters. The zero-order valence-electron chi connectivity index (χ0n) is 9.91. The molecule has 0 spiro atoms. The van der Waals surface area contributed by atoms with Crippen molar-refractivity contribution in [3.05, 3.63) is 35.9 Å². The highest BCUT2D eigenvalue weighted by atomic mass is 28.3. The van der Waals surface area contributed by atoms with Crippen LogP contribution >= 0.6 is 0 Å². The summed E-state index contributed by atoms with van der Waals surface area (Å²) in [4.78, 5) is 22.8. The first-order chi connectivity index (χ1) is 8.68. The molecule has 1 N–H and O–H groups in total. The van der Waals surface area contributed by atoms with Gasteiger partial charge in [0.05, 0.1) is 0 Å². The van der Waals surface area contributed by atoms with Crippen molar-refractivity contribution in [2.24, 2.45) is 0 Å². The number of hydrogen-bond acceptors (Lipinski definition) is 3. The van der Waals surface area contributed by atoms with E-state index in [0.717, 1.165) is 12.0 Å². The lowest BCUT2D eigenvalue weighted by atomic mass is 10.2. The van der Waals surface area contributed by atoms with Crippen molar-refractivity contribution < 1.29 is 19.4 Å². The Labute approximate surface area is 107 Å². The SMILES string of the molecule is O=C(OCc1ccccc1)N1CCC[Si@H]1C(=O)O. The number of ether oxygens (including phenoxy) is 1. The van der Waals surface area contributed by atoms with Crippen molar-refractivity contribution in [3.63, 3.8) is 0 Å². The van der Waals surface area contributed by atoms with Crippen LogP contribution in [0.5, 0.6) is 0 Å². The Hall–Kier alpha value is -1.82. The highest BCUT2D eigenvalue weighted by Crippen LogP contribution is 2.17. The van der Waals surface area contributed by atoms with Gasteiger partial charge in [0.1, 0.15) is 6.61 Å². The minimum atomic E-state index is -2.18. The molecule has 1 heterocycles. The molecule has 1 aromatic rings. The zero-order chi connectivity index (χ0) is 13.0. The number of carboxylic acid groups (broad SMARTS) is 1. The van der Waals surface area contributed by atoms with E-state index in [9.17, 15) is 9.59 Å². The number of rotatable bonds is 3. The van der Waals surface area contributed by atoms with Crippen LogP contribution in [0, 0.1) is 0 Å². The first-order valence-corrected chi connectivity index (χ1v) is 7.79. The second kappa shape index (κ2) is 5.68. The van der Waals surface area contributed by atoms with Crippen molar-refractivity contribution >= 4 is 20.6 Å². The summed E-state index contributed by atoms with van der Waals surface area (Å²) in [5, 5.41) is 9.03. The fourth-order valence-corrected chi connectivity index (χ4v) is 4.26. The maximum absolute atomic E-state index is 11.8. The standard InChI is InChI=1S/C12H15NO4Si/c14-11(13-7-4-8-18(13)12(15)16)17-9-10-5-2-1-3-6-10/h1-3,5-6,18H,4,7-9H2,(H,15,16)/t18-/m0/s1. The molecule has 0 unspecified atom stereocenters. The Kier molecular flexibility index (Phi) is 3.98. The average Bonchev–Trinajstić information content (AvgIpc) is 2.86. The van der Waals surface area contributed by atoms with Crippen LogP contribution in [0.25, 0.3) is 0 Å². The predicted molar refractivity (Wildman–Crippen MR) is 67.9 cm³/mol. The van der Waals surface area contributed by atoms with E-state index in [2.05, 4.69) is 0 Å². The number of amides is 1. The summed E-state index contributed by atoms with van der Waals surface area (Å²) in [6.45, 7) is 0.702. The third kappa shape index (κ3) is 2.89. The molecule has 96 valence electrons. The van der Waals surface area contributed by atoms with Gasteiger partial charge in [-0.25, -0.2) is 4.79 Å². The topological polar surface area (TPSA) is 66.8 Å². The number of nitrogens with zero attached hydrogens (tertiary/aromatic N) is 1. The first kappa shape index (κ1) is 12.6. The van der Waals surface area contributed by atoms with Crippen LogP contribution in [0.3, 0.4) is 0 Å². The van der Waals surface area contributed by atoms with Crippen molar-refractivity contribution in [2.45, 2.75) is 19.1 Å². The fourth-order valence-electron chi connectivity index (χ4n) is 2.04. The maximum atomic E-state index is 11.8. The molecule has 0 aromatic heterocycles. The molecule has 0 bridgehead atoms. The monoisotopic (exact) mass is 265 g/mol. The van der Waals surface area contributed by atoms with Gasteiger partial charge in [0.2, 0.25) is 0 Å². The second-order valence-electron chi connectivity index (χ2n) is 4.23. The Bertz CT molecular complexity index is 437. The van der Waals surface area contributed by atoms with Crippen molar-refractivity contribution in [1.29, 1.82) is 0 Å². The van der Waals surface area contributed by atoms with Crippen LogP contribution in [0.2, 0.25) is 6.04 Å². The average molecular weight is 265 g/mol. The van der Waals surface area contributed by atoms with Gasteiger partial charge in [-0.3, -0.25) is 4.79 Å². The van der Waals surface area contributed by atoms with Gasteiger partial charge >= 0.3 is 6.09 Å². The summed E-state index contributed by atoms with van der Waals surface area (Å²) < 4.78 is 6.57. The van der Waals surface area contributed by atoms with E-state index in [1.807, 2.05) is 30.3 Å².